The molecule has 5 nitrogen and oxygen atoms in total. The van der Waals surface area contributed by atoms with Gasteiger partial charge in [0.15, 0.2) is 0 Å². The monoisotopic (exact) mass is 241 g/mol. The van der Waals surface area contributed by atoms with E-state index in [2.05, 4.69) is 10.2 Å². The molecule has 0 aromatic carbocycles. The second-order valence-corrected chi connectivity index (χ2v) is 4.06. The molecule has 1 N–H and O–H groups in total. The minimum atomic E-state index is -0.313. The Bertz CT molecular complexity index is 425. The molecule has 2 rings (SSSR count). The molecule has 0 aliphatic carbocycles. The maximum atomic E-state index is 12.0. The molecule has 1 aliphatic heterocycles. The molecule has 1 fully saturated rings. The van der Waals surface area contributed by atoms with E-state index in [0.717, 1.165) is 12.8 Å². The van der Waals surface area contributed by atoms with Gasteiger partial charge in [-0.2, -0.15) is 5.10 Å². The number of amides is 1. The highest BCUT2D eigenvalue weighted by molar-refractivity contribution is 6.18. The number of nitrogens with one attached hydrogen (secondary N) is 1. The van der Waals surface area contributed by atoms with Crippen molar-refractivity contribution in [2.45, 2.75) is 18.9 Å². The Hall–Kier alpha value is -1.36. The summed E-state index contributed by atoms with van der Waals surface area (Å²) in [7, 11) is 0. The maximum absolute atomic E-state index is 12.0. The van der Waals surface area contributed by atoms with E-state index in [9.17, 15) is 9.59 Å². The predicted octanol–water partition coefficient (Wildman–Crippen LogP) is 0.613. The fourth-order valence-electron chi connectivity index (χ4n) is 1.87. The molecular weight excluding hydrogens is 230 g/mol. The maximum Gasteiger partial charge on any atom is 0.274 e. The smallest absolute Gasteiger partial charge is 0.274 e. The number of rotatable bonds is 2. The first-order chi connectivity index (χ1) is 7.72. The van der Waals surface area contributed by atoms with Crippen LogP contribution in [0.25, 0.3) is 0 Å². The molecule has 1 aromatic heterocycles. The van der Waals surface area contributed by atoms with Gasteiger partial charge in [-0.1, -0.05) is 0 Å². The van der Waals surface area contributed by atoms with E-state index in [0.29, 0.717) is 12.4 Å². The summed E-state index contributed by atoms with van der Waals surface area (Å²) in [4.78, 5) is 24.5. The van der Waals surface area contributed by atoms with E-state index in [4.69, 9.17) is 11.6 Å². The van der Waals surface area contributed by atoms with E-state index < -0.39 is 0 Å². The lowest BCUT2D eigenvalue weighted by Crippen LogP contribution is -2.37. The van der Waals surface area contributed by atoms with Crippen molar-refractivity contribution in [2.75, 3.05) is 12.4 Å². The number of aromatic amines is 1. The van der Waals surface area contributed by atoms with Gasteiger partial charge in [0.05, 0.1) is 0 Å². The first-order valence-corrected chi connectivity index (χ1v) is 5.68. The van der Waals surface area contributed by atoms with Crippen molar-refractivity contribution in [3.8, 4) is 0 Å². The lowest BCUT2D eigenvalue weighted by molar-refractivity contribution is 0.0742. The number of nitrogens with zero attached hydrogens (tertiary/aromatic N) is 2. The second kappa shape index (κ2) is 4.65. The van der Waals surface area contributed by atoms with Gasteiger partial charge in [0.2, 0.25) is 0 Å². The van der Waals surface area contributed by atoms with Crippen molar-refractivity contribution in [2.24, 2.45) is 0 Å². The fraction of sp³-hybridized carbons (Fsp3) is 0.500. The molecule has 1 aromatic rings. The van der Waals surface area contributed by atoms with Gasteiger partial charge in [0, 0.05) is 24.5 Å². The van der Waals surface area contributed by atoms with Crippen LogP contribution in [0, 0.1) is 0 Å². The minimum absolute atomic E-state index is 0.0860. The molecule has 6 heteroatoms. The molecular formula is C10H12ClN3O2. The second-order valence-electron chi connectivity index (χ2n) is 3.76. The first-order valence-electron chi connectivity index (χ1n) is 5.15. The fourth-order valence-corrected chi connectivity index (χ4v) is 2.20. The molecule has 0 spiro atoms. The summed E-state index contributed by atoms with van der Waals surface area (Å²) in [6.45, 7) is 0.705. The van der Waals surface area contributed by atoms with Crippen LogP contribution in [-0.2, 0) is 0 Å². The van der Waals surface area contributed by atoms with Crippen molar-refractivity contribution in [1.29, 1.82) is 0 Å². The third-order valence-corrected chi connectivity index (χ3v) is 3.07. The largest absolute Gasteiger partial charge is 0.333 e. The average molecular weight is 242 g/mol. The summed E-state index contributed by atoms with van der Waals surface area (Å²) in [5, 5.41) is 5.97. The molecule has 2 heterocycles. The average Bonchev–Trinajstić information content (AvgIpc) is 2.77. The number of likely N-dealkylation sites (tertiary alicyclic amines) is 1. The van der Waals surface area contributed by atoms with Crippen molar-refractivity contribution in [1.82, 2.24) is 15.1 Å². The van der Waals surface area contributed by atoms with Crippen LogP contribution in [0.2, 0.25) is 0 Å². The van der Waals surface area contributed by atoms with Crippen molar-refractivity contribution < 1.29 is 4.79 Å². The van der Waals surface area contributed by atoms with Crippen molar-refractivity contribution in [3.05, 3.63) is 28.2 Å². The van der Waals surface area contributed by atoms with Crippen LogP contribution in [0.15, 0.2) is 16.9 Å². The van der Waals surface area contributed by atoms with Crippen LogP contribution in [0.4, 0.5) is 0 Å². The number of H-pyrrole nitrogens is 1. The summed E-state index contributed by atoms with van der Waals surface area (Å²) in [6.07, 6.45) is 1.89. The van der Waals surface area contributed by atoms with E-state index in [1.807, 2.05) is 0 Å². The number of carbonyl (C=O) groups is 1. The highest BCUT2D eigenvalue weighted by Gasteiger charge is 2.29. The van der Waals surface area contributed by atoms with Gasteiger partial charge in [0.25, 0.3) is 11.5 Å². The Morgan fingerprint density at radius 2 is 2.44 bits per heavy atom. The molecule has 1 atom stereocenters. The van der Waals surface area contributed by atoms with Gasteiger partial charge >= 0.3 is 0 Å². The third-order valence-electron chi connectivity index (χ3n) is 2.71. The van der Waals surface area contributed by atoms with E-state index >= 15 is 0 Å². The van der Waals surface area contributed by atoms with Crippen LogP contribution in [0.1, 0.15) is 23.3 Å². The Morgan fingerprint density at radius 1 is 1.62 bits per heavy atom. The molecule has 1 aliphatic rings. The van der Waals surface area contributed by atoms with Crippen LogP contribution in [-0.4, -0.2) is 39.5 Å². The Balaban J connectivity index is 2.18. The molecule has 0 bridgehead atoms. The van der Waals surface area contributed by atoms with Gasteiger partial charge in [0.1, 0.15) is 5.69 Å². The SMILES string of the molecule is O=C(c1ccc(=O)[nH]n1)N1CCCC1CCl. The van der Waals surface area contributed by atoms with Crippen molar-refractivity contribution in [3.63, 3.8) is 0 Å². The number of halogens is 1. The minimum Gasteiger partial charge on any atom is -0.333 e. The van der Waals surface area contributed by atoms with Gasteiger partial charge in [-0.25, -0.2) is 5.10 Å². The molecule has 0 saturated carbocycles. The summed E-state index contributed by atoms with van der Waals surface area (Å²) in [6, 6.07) is 2.82. The highest BCUT2D eigenvalue weighted by Crippen LogP contribution is 2.19. The number of alkyl halides is 1. The van der Waals surface area contributed by atoms with Crippen LogP contribution >= 0.6 is 11.6 Å². The van der Waals surface area contributed by atoms with Crippen LogP contribution in [0.3, 0.4) is 0 Å². The lowest BCUT2D eigenvalue weighted by atomic mass is 10.2. The first kappa shape index (κ1) is 11.1. The van der Waals surface area contributed by atoms with E-state index in [1.54, 1.807) is 4.90 Å². The summed E-state index contributed by atoms with van der Waals surface area (Å²) >= 11 is 5.79. The zero-order valence-corrected chi connectivity index (χ0v) is 9.41. The van der Waals surface area contributed by atoms with Crippen LogP contribution in [0.5, 0.6) is 0 Å². The van der Waals surface area contributed by atoms with Crippen LogP contribution < -0.4 is 5.56 Å². The summed E-state index contributed by atoms with van der Waals surface area (Å²) < 4.78 is 0. The molecule has 1 unspecified atom stereocenters. The Labute approximate surface area is 97.4 Å². The Morgan fingerprint density at radius 3 is 3.06 bits per heavy atom. The number of carbonyl (C=O) groups excluding carboxylic acids is 1. The standard InChI is InChI=1S/C10H12ClN3O2/c11-6-7-2-1-5-14(7)10(16)8-3-4-9(15)13-12-8/h3-4,7H,1-2,5-6H2,(H,13,15). The number of hydrogen-bond acceptors (Lipinski definition) is 3. The third kappa shape index (κ3) is 2.09. The number of aromatic nitrogens is 2. The quantitative estimate of drug-likeness (QED) is 0.772. The molecule has 1 amide bonds. The predicted molar refractivity (Wildman–Crippen MR) is 59.6 cm³/mol. The molecule has 0 radical (unpaired) electrons. The molecule has 1 saturated heterocycles. The zero-order valence-electron chi connectivity index (χ0n) is 8.65. The lowest BCUT2D eigenvalue weighted by Gasteiger charge is -2.22. The molecule has 16 heavy (non-hydrogen) atoms. The topological polar surface area (TPSA) is 66.1 Å². The van der Waals surface area contributed by atoms with Gasteiger partial charge in [-0.15, -0.1) is 11.6 Å². The number of hydrogen-bond donors (Lipinski definition) is 1. The van der Waals surface area contributed by atoms with Gasteiger partial charge in [-0.05, 0) is 18.9 Å². The molecule has 86 valence electrons. The van der Waals surface area contributed by atoms with E-state index in [1.165, 1.54) is 12.1 Å². The highest BCUT2D eigenvalue weighted by atomic mass is 35.5. The van der Waals surface area contributed by atoms with E-state index in [-0.39, 0.29) is 23.2 Å². The normalized spacial score (nSPS) is 20.1. The van der Waals surface area contributed by atoms with Gasteiger partial charge in [-0.3, -0.25) is 9.59 Å². The van der Waals surface area contributed by atoms with Crippen molar-refractivity contribution >= 4 is 17.5 Å². The van der Waals surface area contributed by atoms with Gasteiger partial charge < -0.3 is 4.90 Å². The summed E-state index contributed by atoms with van der Waals surface area (Å²) in [5.74, 6) is 0.272. The summed E-state index contributed by atoms with van der Waals surface area (Å²) in [5.41, 5.74) is -0.0523. The zero-order chi connectivity index (χ0) is 11.5. The Kier molecular flexibility index (Phi) is 3.24.